The molecule has 0 aliphatic carbocycles. The van der Waals surface area contributed by atoms with Crippen LogP contribution in [0, 0.1) is 5.95 Å². The van der Waals surface area contributed by atoms with E-state index in [4.69, 9.17) is 0 Å². The van der Waals surface area contributed by atoms with Crippen molar-refractivity contribution in [1.82, 2.24) is 0 Å². The lowest BCUT2D eigenvalue weighted by molar-refractivity contribution is -0.720. The zero-order valence-electron chi connectivity index (χ0n) is 7.43. The summed E-state index contributed by atoms with van der Waals surface area (Å²) >= 11 is 0. The zero-order chi connectivity index (χ0) is 11.2. The van der Waals surface area contributed by atoms with Crippen LogP contribution >= 0.6 is 0 Å². The van der Waals surface area contributed by atoms with E-state index in [0.717, 1.165) is 0 Å². The predicted octanol–water partition coefficient (Wildman–Crippen LogP) is 2.43. The van der Waals surface area contributed by atoms with Crippen molar-refractivity contribution in [2.24, 2.45) is 0 Å². The number of rotatable bonds is 1. The van der Waals surface area contributed by atoms with Crippen molar-refractivity contribution >= 4 is 7.25 Å². The van der Waals surface area contributed by atoms with Gasteiger partial charge >= 0.3 is 13.2 Å². The molecule has 1 heterocycles. The van der Waals surface area contributed by atoms with Gasteiger partial charge in [-0.15, -0.1) is 4.39 Å². The molecule has 80 valence electrons. The molecule has 0 aliphatic rings. The Hall–Kier alpha value is -1.14. The Morgan fingerprint density at radius 1 is 1.21 bits per heavy atom. The Balaban J connectivity index is 0.000000292. The summed E-state index contributed by atoms with van der Waals surface area (Å²) in [5.74, 6) is -0.181. The number of nitrogens with zero attached hydrogens (tertiary/aromatic N) is 1. The van der Waals surface area contributed by atoms with E-state index >= 15 is 0 Å². The Bertz CT molecular complexity index is 269. The van der Waals surface area contributed by atoms with Crippen molar-refractivity contribution in [3.05, 3.63) is 30.3 Å². The molecule has 0 saturated heterocycles. The molecular weight excluding hydrogens is 204 g/mol. The highest BCUT2D eigenvalue weighted by Gasteiger charge is 2.20. The molecule has 0 fully saturated rings. The Kier molecular flexibility index (Phi) is 5.11. The summed E-state index contributed by atoms with van der Waals surface area (Å²) in [5.41, 5.74) is 0. The van der Waals surface area contributed by atoms with Gasteiger partial charge in [0.15, 0.2) is 6.20 Å². The monoisotopic (exact) mass is 213 g/mol. The highest BCUT2D eigenvalue weighted by Crippen LogP contribution is 2.06. The van der Waals surface area contributed by atoms with Crippen LogP contribution in [-0.4, -0.2) is 7.25 Å². The first-order valence-corrected chi connectivity index (χ1v) is 3.86. The van der Waals surface area contributed by atoms with Gasteiger partial charge in [-0.1, -0.05) is 0 Å². The average Bonchev–Trinajstić information content (AvgIpc) is 2.02. The number of hydrogen-bond acceptors (Lipinski definition) is 0. The van der Waals surface area contributed by atoms with E-state index in [-0.39, 0.29) is 5.95 Å². The minimum atomic E-state index is -6.00. The predicted molar refractivity (Wildman–Crippen MR) is 42.5 cm³/mol. The summed E-state index contributed by atoms with van der Waals surface area (Å²) in [6.45, 7) is 2.59. The number of pyridine rings is 1. The van der Waals surface area contributed by atoms with Crippen LogP contribution < -0.4 is 4.57 Å². The van der Waals surface area contributed by atoms with Crippen molar-refractivity contribution in [2.75, 3.05) is 0 Å². The summed E-state index contributed by atoms with van der Waals surface area (Å²) in [4.78, 5) is 0. The second-order valence-electron chi connectivity index (χ2n) is 2.30. The topological polar surface area (TPSA) is 3.88 Å². The van der Waals surface area contributed by atoms with Gasteiger partial charge in [-0.05, 0) is 13.0 Å². The molecule has 0 bridgehead atoms. The summed E-state index contributed by atoms with van der Waals surface area (Å²) in [7, 11) is -6.00. The van der Waals surface area contributed by atoms with Crippen molar-refractivity contribution in [3.8, 4) is 0 Å². The highest BCUT2D eigenvalue weighted by atomic mass is 19.5. The van der Waals surface area contributed by atoms with Gasteiger partial charge in [-0.25, -0.2) is 0 Å². The lowest BCUT2D eigenvalue weighted by atomic mass is 10.3. The molecule has 0 saturated carbocycles. The van der Waals surface area contributed by atoms with Crippen molar-refractivity contribution in [3.63, 3.8) is 0 Å². The fourth-order valence-electron chi connectivity index (χ4n) is 0.712. The van der Waals surface area contributed by atoms with Crippen LogP contribution in [0.3, 0.4) is 0 Å². The maximum absolute atomic E-state index is 12.6. The molecule has 1 rings (SSSR count). The average molecular weight is 213 g/mol. The lowest BCUT2D eigenvalue weighted by Gasteiger charge is -1.94. The molecule has 14 heavy (non-hydrogen) atoms. The molecule has 0 atom stereocenters. The lowest BCUT2D eigenvalue weighted by Crippen LogP contribution is -2.35. The minimum Gasteiger partial charge on any atom is -0.418 e. The zero-order valence-corrected chi connectivity index (χ0v) is 7.43. The fraction of sp³-hybridized carbons (Fsp3) is 0.286. The molecule has 7 heteroatoms. The maximum Gasteiger partial charge on any atom is 0.673 e. The third-order valence-corrected chi connectivity index (χ3v) is 1.23. The Labute approximate surface area is 78.3 Å². The molecule has 0 N–H and O–H groups in total. The van der Waals surface area contributed by atoms with Crippen LogP contribution in [0.2, 0.25) is 0 Å². The quantitative estimate of drug-likeness (QED) is 0.292. The van der Waals surface area contributed by atoms with E-state index in [1.807, 2.05) is 13.0 Å². The summed E-state index contributed by atoms with van der Waals surface area (Å²) in [6.07, 6.45) is 1.72. The van der Waals surface area contributed by atoms with Crippen LogP contribution in [0.15, 0.2) is 24.4 Å². The van der Waals surface area contributed by atoms with Gasteiger partial charge < -0.3 is 17.3 Å². The number of hydrogen-bond donors (Lipinski definition) is 0. The van der Waals surface area contributed by atoms with E-state index in [9.17, 15) is 21.7 Å². The van der Waals surface area contributed by atoms with Gasteiger partial charge in [-0.2, -0.15) is 4.57 Å². The molecule has 0 spiro atoms. The normalized spacial score (nSPS) is 10.4. The second kappa shape index (κ2) is 5.56. The SMILES string of the molecule is CC[n+]1ccccc1F.F[B-](F)(F)F. The third kappa shape index (κ3) is 7.51. The second-order valence-corrected chi connectivity index (χ2v) is 2.30. The van der Waals surface area contributed by atoms with E-state index in [0.29, 0.717) is 6.54 Å². The highest BCUT2D eigenvalue weighted by molar-refractivity contribution is 6.50. The summed E-state index contributed by atoms with van der Waals surface area (Å²) < 4.78 is 53.1. The molecule has 1 nitrogen and oxygen atoms in total. The van der Waals surface area contributed by atoms with Crippen LogP contribution in [0.1, 0.15) is 6.92 Å². The van der Waals surface area contributed by atoms with Gasteiger partial charge in [0.2, 0.25) is 0 Å². The number of halogens is 5. The van der Waals surface area contributed by atoms with E-state index in [2.05, 4.69) is 0 Å². The Morgan fingerprint density at radius 2 is 1.71 bits per heavy atom. The summed E-state index contributed by atoms with van der Waals surface area (Å²) in [6, 6.07) is 4.94. The molecule has 1 aromatic rings. The molecule has 0 unspecified atom stereocenters. The molecule has 1 aromatic heterocycles. The first kappa shape index (κ1) is 12.9. The van der Waals surface area contributed by atoms with Gasteiger partial charge in [-0.3, -0.25) is 0 Å². The van der Waals surface area contributed by atoms with Crippen LogP contribution in [0.4, 0.5) is 21.7 Å². The Morgan fingerprint density at radius 3 is 2.00 bits per heavy atom. The molecule has 0 aromatic carbocycles. The van der Waals surface area contributed by atoms with Crippen molar-refractivity contribution < 1.29 is 26.2 Å². The van der Waals surface area contributed by atoms with E-state index in [1.165, 1.54) is 6.07 Å². The van der Waals surface area contributed by atoms with E-state index in [1.54, 1.807) is 16.8 Å². The molecule has 0 radical (unpaired) electrons. The fourth-order valence-corrected chi connectivity index (χ4v) is 0.712. The van der Waals surface area contributed by atoms with Gasteiger partial charge in [0.25, 0.3) is 0 Å². The van der Waals surface area contributed by atoms with Gasteiger partial charge in [0.05, 0.1) is 0 Å². The third-order valence-electron chi connectivity index (χ3n) is 1.23. The van der Waals surface area contributed by atoms with Gasteiger partial charge in [0.1, 0.15) is 6.54 Å². The smallest absolute Gasteiger partial charge is 0.418 e. The molecule has 0 amide bonds. The van der Waals surface area contributed by atoms with Crippen LogP contribution in [0.5, 0.6) is 0 Å². The number of aromatic nitrogens is 1. The summed E-state index contributed by atoms with van der Waals surface area (Å²) in [5, 5.41) is 0. The maximum atomic E-state index is 12.6. The molecular formula is C7H9BF5N. The van der Waals surface area contributed by atoms with Crippen LogP contribution in [0.25, 0.3) is 0 Å². The largest absolute Gasteiger partial charge is 0.673 e. The minimum absolute atomic E-state index is 0.181. The standard InChI is InChI=1S/C7H9FN.BF4/c1-2-9-6-4-3-5-7(9)8;2-1(3,4)5/h3-6H,2H2,1H3;/q+1;-1. The van der Waals surface area contributed by atoms with Gasteiger partial charge in [0, 0.05) is 12.1 Å². The van der Waals surface area contributed by atoms with Crippen molar-refractivity contribution in [1.29, 1.82) is 0 Å². The first-order valence-electron chi connectivity index (χ1n) is 3.86. The van der Waals surface area contributed by atoms with Crippen LogP contribution in [-0.2, 0) is 6.54 Å². The molecule has 0 aliphatic heterocycles. The first-order chi connectivity index (χ1) is 6.34. The van der Waals surface area contributed by atoms with E-state index < -0.39 is 7.25 Å². The number of aryl methyl sites for hydroxylation is 1. The van der Waals surface area contributed by atoms with Crippen molar-refractivity contribution in [2.45, 2.75) is 13.5 Å².